The lowest BCUT2D eigenvalue weighted by Crippen LogP contribution is -2.57. The summed E-state index contributed by atoms with van der Waals surface area (Å²) < 4.78 is 40.0. The average molecular weight is 496 g/mol. The Kier molecular flexibility index (Phi) is 7.28. The highest BCUT2D eigenvalue weighted by atomic mass is 32.2. The van der Waals surface area contributed by atoms with Crippen molar-refractivity contribution < 1.29 is 22.7 Å². The van der Waals surface area contributed by atoms with Gasteiger partial charge in [0.1, 0.15) is 11.5 Å². The molecule has 2 N–H and O–H groups in total. The molecule has 0 aromatic heterocycles. The van der Waals surface area contributed by atoms with Gasteiger partial charge in [-0.2, -0.15) is 4.72 Å². The Balaban J connectivity index is 1.66. The number of urea groups is 1. The number of sulfonamides is 1. The SMILES string of the molecule is COc1ccc(CCN2C(=O)NCC2(NS(=O)(=O)Cc2ccccc2)c2ccc(OC)cc2)cc1. The molecule has 4 rings (SSSR count). The Hall–Kier alpha value is -3.56. The van der Waals surface area contributed by atoms with Crippen LogP contribution < -0.4 is 19.5 Å². The standard InChI is InChI=1S/C26H29N3O5S/c1-33-23-12-8-20(9-13-23)16-17-29-25(30)27-19-26(29,22-10-14-24(34-2)15-11-22)28-35(31,32)18-21-6-4-3-5-7-21/h3-15,28H,16-19H2,1-2H3,(H,27,30). The minimum absolute atomic E-state index is 0.0921. The first-order valence-corrected chi connectivity index (χ1v) is 12.9. The maximum Gasteiger partial charge on any atom is 0.319 e. The van der Waals surface area contributed by atoms with E-state index in [0.29, 0.717) is 29.8 Å². The molecule has 35 heavy (non-hydrogen) atoms. The maximum atomic E-state index is 13.3. The molecule has 184 valence electrons. The van der Waals surface area contributed by atoms with E-state index >= 15 is 0 Å². The number of nitrogens with zero attached hydrogens (tertiary/aromatic N) is 1. The summed E-state index contributed by atoms with van der Waals surface area (Å²) in [6.07, 6.45) is 0.537. The van der Waals surface area contributed by atoms with Crippen molar-refractivity contribution >= 4 is 16.1 Å². The van der Waals surface area contributed by atoms with Gasteiger partial charge in [-0.15, -0.1) is 0 Å². The van der Waals surface area contributed by atoms with Crippen LogP contribution in [0.5, 0.6) is 11.5 Å². The number of hydrogen-bond acceptors (Lipinski definition) is 5. The van der Waals surface area contributed by atoms with Crippen LogP contribution in [0.25, 0.3) is 0 Å². The lowest BCUT2D eigenvalue weighted by Gasteiger charge is -2.38. The quantitative estimate of drug-likeness (QED) is 0.450. The zero-order valence-corrected chi connectivity index (χ0v) is 20.5. The number of nitrogens with one attached hydrogen (secondary N) is 2. The average Bonchev–Trinajstić information content (AvgIpc) is 3.18. The first kappa shape index (κ1) is 24.6. The van der Waals surface area contributed by atoms with Crippen LogP contribution in [0, 0.1) is 0 Å². The molecule has 9 heteroatoms. The number of carbonyl (C=O) groups excluding carboxylic acids is 1. The second-order valence-electron chi connectivity index (χ2n) is 8.34. The van der Waals surface area contributed by atoms with E-state index in [9.17, 15) is 13.2 Å². The molecule has 1 aliphatic rings. The van der Waals surface area contributed by atoms with E-state index in [1.54, 1.807) is 67.7 Å². The highest BCUT2D eigenvalue weighted by Gasteiger charge is 2.49. The third kappa shape index (κ3) is 5.58. The molecular formula is C26H29N3O5S. The molecule has 1 heterocycles. The van der Waals surface area contributed by atoms with Gasteiger partial charge in [0.25, 0.3) is 0 Å². The van der Waals surface area contributed by atoms with Crippen LogP contribution in [0.2, 0.25) is 0 Å². The van der Waals surface area contributed by atoms with Gasteiger partial charge in [-0.05, 0) is 47.4 Å². The van der Waals surface area contributed by atoms with E-state index in [1.807, 2.05) is 30.3 Å². The third-order valence-electron chi connectivity index (χ3n) is 6.08. The summed E-state index contributed by atoms with van der Waals surface area (Å²) in [6.45, 7) is 0.396. The summed E-state index contributed by atoms with van der Waals surface area (Å²) >= 11 is 0. The molecule has 1 unspecified atom stereocenters. The number of hydrogen-bond donors (Lipinski definition) is 2. The van der Waals surface area contributed by atoms with Crippen molar-refractivity contribution in [2.45, 2.75) is 17.8 Å². The van der Waals surface area contributed by atoms with Crippen molar-refractivity contribution in [2.24, 2.45) is 0 Å². The van der Waals surface area contributed by atoms with Gasteiger partial charge < -0.3 is 14.8 Å². The number of ether oxygens (including phenoxy) is 2. The van der Waals surface area contributed by atoms with Crippen molar-refractivity contribution in [3.05, 3.63) is 95.6 Å². The van der Waals surface area contributed by atoms with Gasteiger partial charge in [0, 0.05) is 6.54 Å². The van der Waals surface area contributed by atoms with Gasteiger partial charge in [-0.3, -0.25) is 4.90 Å². The lowest BCUT2D eigenvalue weighted by molar-refractivity contribution is 0.147. The van der Waals surface area contributed by atoms with Crippen molar-refractivity contribution in [3.8, 4) is 11.5 Å². The molecule has 1 aliphatic heterocycles. The third-order valence-corrected chi connectivity index (χ3v) is 7.44. The first-order valence-electron chi connectivity index (χ1n) is 11.2. The molecule has 0 saturated carbocycles. The Morgan fingerprint density at radius 2 is 1.49 bits per heavy atom. The second-order valence-corrected chi connectivity index (χ2v) is 10.1. The normalized spacial score (nSPS) is 17.8. The van der Waals surface area contributed by atoms with E-state index in [2.05, 4.69) is 10.0 Å². The molecule has 1 saturated heterocycles. The Bertz CT molecular complexity index is 1250. The molecule has 2 amide bonds. The molecule has 0 aliphatic carbocycles. The molecule has 1 atom stereocenters. The van der Waals surface area contributed by atoms with Gasteiger partial charge in [-0.1, -0.05) is 54.6 Å². The van der Waals surface area contributed by atoms with Gasteiger partial charge in [0.15, 0.2) is 5.66 Å². The van der Waals surface area contributed by atoms with Crippen LogP contribution in [0.4, 0.5) is 4.79 Å². The number of benzene rings is 3. The van der Waals surface area contributed by atoms with Crippen LogP contribution in [0.3, 0.4) is 0 Å². The van der Waals surface area contributed by atoms with Gasteiger partial charge in [-0.25, -0.2) is 13.2 Å². The summed E-state index contributed by atoms with van der Waals surface area (Å²) in [6, 6.07) is 23.3. The molecule has 3 aromatic rings. The van der Waals surface area contributed by atoms with E-state index in [-0.39, 0.29) is 18.3 Å². The number of methoxy groups -OCH3 is 2. The molecule has 1 fully saturated rings. The fourth-order valence-corrected chi connectivity index (χ4v) is 5.77. The zero-order valence-electron chi connectivity index (χ0n) is 19.7. The van der Waals surface area contributed by atoms with Crippen LogP contribution >= 0.6 is 0 Å². The van der Waals surface area contributed by atoms with E-state index in [4.69, 9.17) is 9.47 Å². The summed E-state index contributed by atoms with van der Waals surface area (Å²) in [4.78, 5) is 14.5. The monoisotopic (exact) mass is 495 g/mol. The molecule has 0 spiro atoms. The van der Waals surface area contributed by atoms with Crippen LogP contribution in [-0.4, -0.2) is 46.7 Å². The minimum Gasteiger partial charge on any atom is -0.497 e. The van der Waals surface area contributed by atoms with Gasteiger partial charge in [0.05, 0.1) is 26.5 Å². The molecule has 8 nitrogen and oxygen atoms in total. The highest BCUT2D eigenvalue weighted by molar-refractivity contribution is 7.88. The highest BCUT2D eigenvalue weighted by Crippen LogP contribution is 2.32. The van der Waals surface area contributed by atoms with Gasteiger partial charge >= 0.3 is 6.03 Å². The molecule has 0 bridgehead atoms. The number of amides is 2. The number of carbonyl (C=O) groups is 1. The molecular weight excluding hydrogens is 466 g/mol. The van der Waals surface area contributed by atoms with Crippen molar-refractivity contribution in [1.82, 2.24) is 14.9 Å². The first-order chi connectivity index (χ1) is 16.8. The Labute approximate surface area is 205 Å². The molecule has 3 aromatic carbocycles. The Morgan fingerprint density at radius 3 is 2.09 bits per heavy atom. The van der Waals surface area contributed by atoms with Crippen molar-refractivity contribution in [3.63, 3.8) is 0 Å². The largest absolute Gasteiger partial charge is 0.497 e. The molecule has 0 radical (unpaired) electrons. The van der Waals surface area contributed by atoms with E-state index in [1.165, 1.54) is 0 Å². The van der Waals surface area contributed by atoms with Crippen LogP contribution in [0.1, 0.15) is 16.7 Å². The van der Waals surface area contributed by atoms with E-state index < -0.39 is 15.7 Å². The minimum atomic E-state index is -3.82. The van der Waals surface area contributed by atoms with Gasteiger partial charge in [0.2, 0.25) is 10.0 Å². The summed E-state index contributed by atoms with van der Waals surface area (Å²) in [5.41, 5.74) is 1.01. The van der Waals surface area contributed by atoms with E-state index in [0.717, 1.165) is 11.3 Å². The topological polar surface area (TPSA) is 97.0 Å². The lowest BCUT2D eigenvalue weighted by atomic mass is 9.99. The van der Waals surface area contributed by atoms with Crippen molar-refractivity contribution in [1.29, 1.82) is 0 Å². The second kappa shape index (κ2) is 10.4. The predicted molar refractivity (Wildman–Crippen MR) is 134 cm³/mol. The fourth-order valence-electron chi connectivity index (χ4n) is 4.25. The Morgan fingerprint density at radius 1 is 0.886 bits per heavy atom. The fraction of sp³-hybridized carbons (Fsp3) is 0.269. The zero-order chi connectivity index (χ0) is 24.9. The summed E-state index contributed by atoms with van der Waals surface area (Å²) in [7, 11) is -0.650. The maximum absolute atomic E-state index is 13.3. The number of rotatable bonds is 10. The summed E-state index contributed by atoms with van der Waals surface area (Å²) in [5.74, 6) is 1.18. The van der Waals surface area contributed by atoms with Crippen LogP contribution in [-0.2, 0) is 27.9 Å². The van der Waals surface area contributed by atoms with Crippen LogP contribution in [0.15, 0.2) is 78.9 Å². The summed E-state index contributed by atoms with van der Waals surface area (Å²) in [5, 5.41) is 2.84. The smallest absolute Gasteiger partial charge is 0.319 e. The van der Waals surface area contributed by atoms with Crippen molar-refractivity contribution in [2.75, 3.05) is 27.3 Å². The predicted octanol–water partition coefficient (Wildman–Crippen LogP) is 3.24.